The Hall–Kier alpha value is -0.780. The van der Waals surface area contributed by atoms with Gasteiger partial charge in [0.2, 0.25) is 0 Å². The fourth-order valence-electron chi connectivity index (χ4n) is 1.16. The molecule has 15 heavy (non-hydrogen) atoms. The number of aliphatic hydroxyl groups excluding tert-OH is 2. The van der Waals surface area contributed by atoms with Crippen molar-refractivity contribution in [3.8, 4) is 5.75 Å². The number of anilines is 1. The summed E-state index contributed by atoms with van der Waals surface area (Å²) in [6.07, 6.45) is -0.830. The molecule has 4 N–H and O–H groups in total. The summed E-state index contributed by atoms with van der Waals surface area (Å²) in [7, 11) is 0. The minimum absolute atomic E-state index is 0.103. The number of rotatable bonds is 4. The average Bonchev–Trinajstić information content (AvgIpc) is 2.20. The van der Waals surface area contributed by atoms with Crippen molar-refractivity contribution < 1.29 is 15.3 Å². The zero-order valence-electron chi connectivity index (χ0n) is 8.37. The summed E-state index contributed by atoms with van der Waals surface area (Å²) in [5, 5.41) is 30.3. The van der Waals surface area contributed by atoms with Gasteiger partial charge in [0, 0.05) is 6.54 Å². The Morgan fingerprint density at radius 1 is 1.47 bits per heavy atom. The van der Waals surface area contributed by atoms with Crippen LogP contribution in [0.15, 0.2) is 16.6 Å². The summed E-state index contributed by atoms with van der Waals surface area (Å²) in [5.74, 6) is 0.103. The highest BCUT2D eigenvalue weighted by molar-refractivity contribution is 9.10. The highest BCUT2D eigenvalue weighted by Crippen LogP contribution is 2.33. The standard InChI is InChI=1S/C10H14BrNO3/c1-6-2-8(11)10(15)9(3-6)12-4-7(14)5-13/h2-3,7,12-15H,4-5H2,1H3. The number of halogens is 1. The van der Waals surface area contributed by atoms with Crippen LogP contribution in [0.5, 0.6) is 5.75 Å². The van der Waals surface area contributed by atoms with Crippen molar-refractivity contribution in [2.75, 3.05) is 18.5 Å². The second kappa shape index (κ2) is 5.34. The number of hydrogen-bond donors (Lipinski definition) is 4. The van der Waals surface area contributed by atoms with E-state index in [1.807, 2.05) is 6.92 Å². The highest BCUT2D eigenvalue weighted by atomic mass is 79.9. The molecule has 0 fully saturated rings. The van der Waals surface area contributed by atoms with Gasteiger partial charge in [-0.3, -0.25) is 0 Å². The Kier molecular flexibility index (Phi) is 4.38. The number of aliphatic hydroxyl groups is 2. The molecular formula is C10H14BrNO3. The fourth-order valence-corrected chi connectivity index (χ4v) is 1.74. The maximum atomic E-state index is 9.65. The molecule has 84 valence electrons. The lowest BCUT2D eigenvalue weighted by molar-refractivity contribution is 0.105. The van der Waals surface area contributed by atoms with Crippen molar-refractivity contribution in [1.29, 1.82) is 0 Å². The molecular weight excluding hydrogens is 262 g/mol. The Balaban J connectivity index is 2.76. The second-order valence-electron chi connectivity index (χ2n) is 3.36. The monoisotopic (exact) mass is 275 g/mol. The Morgan fingerprint density at radius 2 is 2.13 bits per heavy atom. The molecule has 0 aliphatic carbocycles. The third-order valence-corrected chi connectivity index (χ3v) is 2.55. The zero-order chi connectivity index (χ0) is 11.4. The van der Waals surface area contributed by atoms with E-state index >= 15 is 0 Å². The molecule has 0 saturated carbocycles. The Morgan fingerprint density at radius 3 is 2.73 bits per heavy atom. The molecule has 1 aromatic carbocycles. The predicted molar refractivity (Wildman–Crippen MR) is 62.1 cm³/mol. The molecule has 0 saturated heterocycles. The number of hydrogen-bond acceptors (Lipinski definition) is 4. The lowest BCUT2D eigenvalue weighted by Crippen LogP contribution is -2.23. The molecule has 0 bridgehead atoms. The van der Waals surface area contributed by atoms with Gasteiger partial charge in [0.25, 0.3) is 0 Å². The molecule has 0 radical (unpaired) electrons. The number of phenols is 1. The molecule has 1 unspecified atom stereocenters. The normalized spacial score (nSPS) is 12.5. The molecule has 0 amide bonds. The predicted octanol–water partition coefficient (Wildman–Crippen LogP) is 1.23. The number of aryl methyl sites for hydroxylation is 1. The lowest BCUT2D eigenvalue weighted by atomic mass is 10.2. The lowest BCUT2D eigenvalue weighted by Gasteiger charge is -2.13. The highest BCUT2D eigenvalue weighted by Gasteiger charge is 2.08. The van der Waals surface area contributed by atoms with Gasteiger partial charge in [-0.2, -0.15) is 0 Å². The first-order valence-corrected chi connectivity index (χ1v) is 5.35. The summed E-state index contributed by atoms with van der Waals surface area (Å²) in [5.41, 5.74) is 1.52. The summed E-state index contributed by atoms with van der Waals surface area (Å²) in [4.78, 5) is 0. The van der Waals surface area contributed by atoms with E-state index in [9.17, 15) is 5.11 Å². The van der Waals surface area contributed by atoms with Gasteiger partial charge in [0.1, 0.15) is 0 Å². The maximum absolute atomic E-state index is 9.65. The van der Waals surface area contributed by atoms with Crippen LogP contribution in [0.3, 0.4) is 0 Å². The molecule has 4 nitrogen and oxygen atoms in total. The third-order valence-electron chi connectivity index (χ3n) is 1.95. The van der Waals surface area contributed by atoms with E-state index in [0.29, 0.717) is 10.2 Å². The number of nitrogens with one attached hydrogen (secondary N) is 1. The van der Waals surface area contributed by atoms with Gasteiger partial charge in [0.15, 0.2) is 5.75 Å². The molecule has 0 spiro atoms. The van der Waals surface area contributed by atoms with E-state index < -0.39 is 6.10 Å². The minimum atomic E-state index is -0.830. The zero-order valence-corrected chi connectivity index (χ0v) is 9.95. The smallest absolute Gasteiger partial charge is 0.152 e. The van der Waals surface area contributed by atoms with Crippen LogP contribution in [0.1, 0.15) is 5.56 Å². The van der Waals surface area contributed by atoms with E-state index in [1.165, 1.54) is 0 Å². The fraction of sp³-hybridized carbons (Fsp3) is 0.400. The van der Waals surface area contributed by atoms with Crippen molar-refractivity contribution in [2.24, 2.45) is 0 Å². The van der Waals surface area contributed by atoms with E-state index in [0.717, 1.165) is 5.56 Å². The molecule has 5 heteroatoms. The topological polar surface area (TPSA) is 72.7 Å². The molecule has 1 rings (SSSR count). The average molecular weight is 276 g/mol. The number of phenolic OH excluding ortho intramolecular Hbond substituents is 1. The number of aromatic hydroxyl groups is 1. The third kappa shape index (κ3) is 3.37. The summed E-state index contributed by atoms with van der Waals surface area (Å²) >= 11 is 3.22. The second-order valence-corrected chi connectivity index (χ2v) is 4.21. The van der Waals surface area contributed by atoms with Gasteiger partial charge in [-0.15, -0.1) is 0 Å². The van der Waals surface area contributed by atoms with Crippen LogP contribution < -0.4 is 5.32 Å². The minimum Gasteiger partial charge on any atom is -0.505 e. The van der Waals surface area contributed by atoms with Crippen LogP contribution in [-0.2, 0) is 0 Å². The van der Waals surface area contributed by atoms with E-state index in [4.69, 9.17) is 10.2 Å². The first-order chi connectivity index (χ1) is 7.04. The van der Waals surface area contributed by atoms with Crippen molar-refractivity contribution in [3.05, 3.63) is 22.2 Å². The number of benzene rings is 1. The molecule has 1 atom stereocenters. The largest absolute Gasteiger partial charge is 0.505 e. The van der Waals surface area contributed by atoms with Gasteiger partial charge in [-0.1, -0.05) is 0 Å². The summed E-state index contributed by atoms with van der Waals surface area (Å²) in [6.45, 7) is 1.79. The molecule has 0 aliphatic heterocycles. The van der Waals surface area contributed by atoms with Crippen molar-refractivity contribution in [1.82, 2.24) is 0 Å². The van der Waals surface area contributed by atoms with Gasteiger partial charge >= 0.3 is 0 Å². The van der Waals surface area contributed by atoms with Gasteiger partial charge in [-0.25, -0.2) is 0 Å². The van der Waals surface area contributed by atoms with Crippen LogP contribution in [-0.4, -0.2) is 34.6 Å². The van der Waals surface area contributed by atoms with E-state index in [2.05, 4.69) is 21.2 Å². The van der Waals surface area contributed by atoms with E-state index in [-0.39, 0.29) is 18.9 Å². The molecule has 0 aromatic heterocycles. The molecule has 0 heterocycles. The SMILES string of the molecule is Cc1cc(Br)c(O)c(NCC(O)CO)c1. The van der Waals surface area contributed by atoms with Crippen molar-refractivity contribution >= 4 is 21.6 Å². The van der Waals surface area contributed by atoms with Gasteiger partial charge in [0.05, 0.1) is 22.9 Å². The van der Waals surface area contributed by atoms with E-state index in [1.54, 1.807) is 12.1 Å². The Labute approximate surface area is 96.7 Å². The van der Waals surface area contributed by atoms with Crippen LogP contribution >= 0.6 is 15.9 Å². The Bertz CT molecular complexity index is 344. The van der Waals surface area contributed by atoms with Gasteiger partial charge in [-0.05, 0) is 40.5 Å². The van der Waals surface area contributed by atoms with Crippen LogP contribution in [0.2, 0.25) is 0 Å². The first kappa shape index (κ1) is 12.3. The maximum Gasteiger partial charge on any atom is 0.152 e. The van der Waals surface area contributed by atoms with Crippen LogP contribution in [0.4, 0.5) is 5.69 Å². The quantitative estimate of drug-likeness (QED) is 0.624. The summed E-state index contributed by atoms with van der Waals surface area (Å²) in [6, 6.07) is 3.56. The molecule has 1 aromatic rings. The van der Waals surface area contributed by atoms with Crippen molar-refractivity contribution in [2.45, 2.75) is 13.0 Å². The molecule has 0 aliphatic rings. The van der Waals surface area contributed by atoms with Gasteiger partial charge < -0.3 is 20.6 Å². The van der Waals surface area contributed by atoms with Crippen LogP contribution in [0.25, 0.3) is 0 Å². The van der Waals surface area contributed by atoms with Crippen LogP contribution in [0, 0.1) is 6.92 Å². The first-order valence-electron chi connectivity index (χ1n) is 4.56. The van der Waals surface area contributed by atoms with Crippen molar-refractivity contribution in [3.63, 3.8) is 0 Å². The summed E-state index contributed by atoms with van der Waals surface area (Å²) < 4.78 is 0.600.